The lowest BCUT2D eigenvalue weighted by atomic mass is 9.71. The summed E-state index contributed by atoms with van der Waals surface area (Å²) in [6.45, 7) is 5.21. The van der Waals surface area contributed by atoms with Gasteiger partial charge in [-0.1, -0.05) is 23.2 Å². The van der Waals surface area contributed by atoms with E-state index < -0.39 is 44.7 Å². The number of pyridine rings is 1. The summed E-state index contributed by atoms with van der Waals surface area (Å²) in [5.74, 6) is -1.67. The Morgan fingerprint density at radius 1 is 1.29 bits per heavy atom. The molecule has 1 aliphatic heterocycles. The summed E-state index contributed by atoms with van der Waals surface area (Å²) in [6.07, 6.45) is -0.717. The first-order valence-electron chi connectivity index (χ1n) is 10.1. The van der Waals surface area contributed by atoms with Gasteiger partial charge in [0, 0.05) is 18.5 Å². The van der Waals surface area contributed by atoms with E-state index in [2.05, 4.69) is 20.9 Å². The van der Waals surface area contributed by atoms with Crippen LogP contribution in [0, 0.1) is 15.9 Å². The molecular formula is C21H21BrCl2FN3O6. The van der Waals surface area contributed by atoms with Crippen LogP contribution in [0.4, 0.5) is 14.9 Å². The minimum atomic E-state index is -1.62. The number of carbonyl (C=O) groups is 2. The number of esters is 1. The number of fused-ring (bicyclic) bond motifs is 1. The number of aromatic nitrogens is 1. The number of halogens is 4. The third-order valence-electron chi connectivity index (χ3n) is 5.55. The van der Waals surface area contributed by atoms with Crippen LogP contribution in [0.25, 0.3) is 10.9 Å². The molecule has 0 saturated carbocycles. The van der Waals surface area contributed by atoms with E-state index >= 15 is 4.39 Å². The Bertz CT molecular complexity index is 1200. The van der Waals surface area contributed by atoms with Crippen molar-refractivity contribution >= 4 is 67.8 Å². The molecule has 1 aromatic carbocycles. The molecule has 1 fully saturated rings. The number of amides is 1. The fourth-order valence-corrected chi connectivity index (χ4v) is 4.81. The second kappa shape index (κ2) is 9.43. The van der Waals surface area contributed by atoms with Crippen LogP contribution < -0.4 is 0 Å². The largest absolute Gasteiger partial charge is 0.468 e. The van der Waals surface area contributed by atoms with Gasteiger partial charge in [-0.25, -0.2) is 14.2 Å². The van der Waals surface area contributed by atoms with Gasteiger partial charge in [0.15, 0.2) is 5.82 Å². The third-order valence-corrected chi connectivity index (χ3v) is 7.12. The number of methoxy groups -OCH3 is 1. The molecule has 3 rings (SSSR count). The number of ether oxygens (including phenoxy) is 2. The van der Waals surface area contributed by atoms with Gasteiger partial charge in [-0.2, -0.15) is 0 Å². The highest BCUT2D eigenvalue weighted by Crippen LogP contribution is 2.48. The normalized spacial score (nSPS) is 15.8. The number of carbonyl (C=O) groups excluding carboxylic acids is 2. The van der Waals surface area contributed by atoms with Crippen LogP contribution in [0.5, 0.6) is 0 Å². The molecule has 1 saturated heterocycles. The molecule has 0 N–H and O–H groups in total. The predicted octanol–water partition coefficient (Wildman–Crippen LogP) is 5.79. The molecular weight excluding hydrogens is 560 g/mol. The SMILES string of the molecule is COC(=O)C1(c2c([N+](=O)[O-])c(Cl)nc3c(F)c(Br)c(Cl)cc23)CCN(C(=O)OC(C)(C)C)CC1. The maximum Gasteiger partial charge on any atom is 0.410 e. The Morgan fingerprint density at radius 3 is 2.38 bits per heavy atom. The Balaban J connectivity index is 2.25. The molecule has 2 aromatic rings. The summed E-state index contributed by atoms with van der Waals surface area (Å²) >= 11 is 15.3. The number of rotatable bonds is 3. The number of hydrogen-bond donors (Lipinski definition) is 0. The fraction of sp³-hybridized carbons (Fsp3) is 0.476. The number of hydrogen-bond acceptors (Lipinski definition) is 7. The van der Waals surface area contributed by atoms with E-state index in [1.807, 2.05) is 0 Å². The molecule has 1 amide bonds. The molecule has 0 bridgehead atoms. The van der Waals surface area contributed by atoms with Gasteiger partial charge in [0.1, 0.15) is 16.5 Å². The van der Waals surface area contributed by atoms with Gasteiger partial charge in [0.25, 0.3) is 0 Å². The van der Waals surface area contributed by atoms with E-state index in [0.29, 0.717) is 0 Å². The first-order chi connectivity index (χ1) is 15.7. The Hall–Kier alpha value is -2.24. The maximum absolute atomic E-state index is 15.0. The second-order valence-electron chi connectivity index (χ2n) is 8.81. The van der Waals surface area contributed by atoms with E-state index in [1.165, 1.54) is 11.0 Å². The highest BCUT2D eigenvalue weighted by Gasteiger charge is 2.51. The van der Waals surface area contributed by atoms with Crippen LogP contribution in [0.1, 0.15) is 39.2 Å². The molecule has 1 aromatic heterocycles. The quantitative estimate of drug-likeness (QED) is 0.148. The minimum absolute atomic E-state index is 0.0232. The summed E-state index contributed by atoms with van der Waals surface area (Å²) in [6, 6.07) is 1.29. The maximum atomic E-state index is 15.0. The van der Waals surface area contributed by atoms with Crippen LogP contribution in [0.3, 0.4) is 0 Å². The summed E-state index contributed by atoms with van der Waals surface area (Å²) in [4.78, 5) is 42.3. The van der Waals surface area contributed by atoms with Crippen molar-refractivity contribution in [3.8, 4) is 0 Å². The van der Waals surface area contributed by atoms with Gasteiger partial charge in [0.2, 0.25) is 5.15 Å². The Kier molecular flexibility index (Phi) is 7.31. The zero-order valence-corrected chi connectivity index (χ0v) is 21.8. The van der Waals surface area contributed by atoms with Crippen molar-refractivity contribution in [2.24, 2.45) is 0 Å². The van der Waals surface area contributed by atoms with Crippen molar-refractivity contribution in [2.45, 2.75) is 44.6 Å². The van der Waals surface area contributed by atoms with E-state index in [1.54, 1.807) is 20.8 Å². The summed E-state index contributed by atoms with van der Waals surface area (Å²) in [7, 11) is 1.14. The number of piperidine rings is 1. The topological polar surface area (TPSA) is 112 Å². The number of nitrogens with zero attached hydrogens (tertiary/aromatic N) is 3. The van der Waals surface area contributed by atoms with Crippen molar-refractivity contribution < 1.29 is 28.4 Å². The molecule has 0 spiro atoms. The van der Waals surface area contributed by atoms with Crippen LogP contribution in [0.2, 0.25) is 10.2 Å². The van der Waals surface area contributed by atoms with Crippen molar-refractivity contribution in [3.63, 3.8) is 0 Å². The first kappa shape index (κ1) is 26.4. The van der Waals surface area contributed by atoms with E-state index in [0.717, 1.165) is 7.11 Å². The van der Waals surface area contributed by atoms with Gasteiger partial charge in [-0.05, 0) is 55.6 Å². The van der Waals surface area contributed by atoms with Crippen LogP contribution >= 0.6 is 39.1 Å². The summed E-state index contributed by atoms with van der Waals surface area (Å²) < 4.78 is 25.4. The monoisotopic (exact) mass is 579 g/mol. The average Bonchev–Trinajstić information content (AvgIpc) is 2.75. The summed E-state index contributed by atoms with van der Waals surface area (Å²) in [5.41, 5.74) is -3.45. The van der Waals surface area contributed by atoms with Crippen LogP contribution in [0.15, 0.2) is 10.5 Å². The van der Waals surface area contributed by atoms with Crippen LogP contribution in [-0.4, -0.2) is 52.7 Å². The molecule has 13 heteroatoms. The lowest BCUT2D eigenvalue weighted by Gasteiger charge is -2.40. The zero-order chi connectivity index (χ0) is 25.6. The second-order valence-corrected chi connectivity index (χ2v) is 10.4. The van der Waals surface area contributed by atoms with Crippen molar-refractivity contribution in [3.05, 3.63) is 42.2 Å². The average molecular weight is 581 g/mol. The van der Waals surface area contributed by atoms with Gasteiger partial charge >= 0.3 is 17.7 Å². The van der Waals surface area contributed by atoms with Crippen molar-refractivity contribution in [1.29, 1.82) is 0 Å². The standard InChI is InChI=1S/C21H21BrCl2FN3O6/c1-20(2,3)34-19(30)27-7-5-21(6-8-27,18(29)33-4)12-10-9-11(23)13(22)14(25)15(10)26-17(24)16(12)28(31)32/h9H,5-8H2,1-4H3. The van der Waals surface area contributed by atoms with Gasteiger partial charge < -0.3 is 14.4 Å². The molecule has 0 radical (unpaired) electrons. The lowest BCUT2D eigenvalue weighted by Crippen LogP contribution is -2.50. The number of nitro groups is 1. The molecule has 0 unspecified atom stereocenters. The number of likely N-dealkylation sites (tertiary alicyclic amines) is 1. The van der Waals surface area contributed by atoms with E-state index in [9.17, 15) is 19.7 Å². The zero-order valence-electron chi connectivity index (χ0n) is 18.7. The third kappa shape index (κ3) is 4.65. The molecule has 0 atom stereocenters. The van der Waals surface area contributed by atoms with E-state index in [4.69, 9.17) is 32.7 Å². The summed E-state index contributed by atoms with van der Waals surface area (Å²) in [5, 5.41) is 11.4. The molecule has 0 aliphatic carbocycles. The van der Waals surface area contributed by atoms with Crippen molar-refractivity contribution in [1.82, 2.24) is 9.88 Å². The van der Waals surface area contributed by atoms with Gasteiger partial charge in [0.05, 0.1) is 27.1 Å². The molecule has 2 heterocycles. The van der Waals surface area contributed by atoms with Crippen molar-refractivity contribution in [2.75, 3.05) is 20.2 Å². The molecule has 34 heavy (non-hydrogen) atoms. The minimum Gasteiger partial charge on any atom is -0.468 e. The predicted molar refractivity (Wildman–Crippen MR) is 127 cm³/mol. The fourth-order valence-electron chi connectivity index (χ4n) is 4.07. The van der Waals surface area contributed by atoms with Gasteiger partial charge in [-0.3, -0.25) is 14.9 Å². The molecule has 184 valence electrons. The van der Waals surface area contributed by atoms with Gasteiger partial charge in [-0.15, -0.1) is 0 Å². The highest BCUT2D eigenvalue weighted by atomic mass is 79.9. The Morgan fingerprint density at radius 2 is 1.88 bits per heavy atom. The molecule has 9 nitrogen and oxygen atoms in total. The number of benzene rings is 1. The smallest absolute Gasteiger partial charge is 0.410 e. The first-order valence-corrected chi connectivity index (χ1v) is 11.7. The van der Waals surface area contributed by atoms with E-state index in [-0.39, 0.29) is 51.9 Å². The highest BCUT2D eigenvalue weighted by molar-refractivity contribution is 9.10. The van der Waals surface area contributed by atoms with Crippen LogP contribution in [-0.2, 0) is 19.7 Å². The molecule has 1 aliphatic rings. The Labute approximate surface area is 212 Å². The lowest BCUT2D eigenvalue weighted by molar-refractivity contribution is -0.386.